The van der Waals surface area contributed by atoms with Gasteiger partial charge < -0.3 is 56.5 Å². The van der Waals surface area contributed by atoms with Crippen molar-refractivity contribution in [3.8, 4) is 10.4 Å². The molecule has 0 radical (unpaired) electrons. The molecule has 2 aromatic heterocycles. The summed E-state index contributed by atoms with van der Waals surface area (Å²) in [7, 11) is -5.06. The number of thiazole rings is 1. The molecule has 10 N–H and O–H groups in total. The van der Waals surface area contributed by atoms with Crippen molar-refractivity contribution in [2.75, 3.05) is 11.4 Å². The molecule has 5 heterocycles. The number of fused-ring (bicyclic) bond motifs is 1. The van der Waals surface area contributed by atoms with Gasteiger partial charge in [-0.2, -0.15) is 0 Å². The van der Waals surface area contributed by atoms with Crippen LogP contribution in [0.25, 0.3) is 21.3 Å². The lowest BCUT2D eigenvalue weighted by Gasteiger charge is -2.35. The number of hydrogen-bond acceptors (Lipinski definition) is 13. The number of likely N-dealkylation sites (tertiary alicyclic amines) is 1. The van der Waals surface area contributed by atoms with E-state index in [1.165, 1.54) is 34.1 Å². The van der Waals surface area contributed by atoms with Gasteiger partial charge in [-0.15, -0.1) is 11.3 Å². The number of primary amides is 1. The smallest absolute Gasteiger partial charge is 0.391 e. The van der Waals surface area contributed by atoms with Gasteiger partial charge in [-0.3, -0.25) is 47.8 Å². The molecule has 1 saturated carbocycles. The number of aryl methyl sites for hydroxylation is 3. The Bertz CT molecular complexity index is 3760. The van der Waals surface area contributed by atoms with Gasteiger partial charge in [0, 0.05) is 48.7 Å². The van der Waals surface area contributed by atoms with Crippen LogP contribution in [0.5, 0.6) is 0 Å². The van der Waals surface area contributed by atoms with Crippen LogP contribution in [0.1, 0.15) is 140 Å². The number of aliphatic hydroxyl groups is 1. The molecule has 2 fully saturated rings. The third kappa shape index (κ3) is 14.6. The fourth-order valence-electron chi connectivity index (χ4n) is 12.3. The summed E-state index contributed by atoms with van der Waals surface area (Å²) in [5.74, 6) is -3.25. The first-order valence-electron chi connectivity index (χ1n) is 30.1. The van der Waals surface area contributed by atoms with Crippen molar-refractivity contribution in [2.45, 2.75) is 166 Å². The standard InChI is InChI=1S/C65H76N9O13PS/c1-36-56(89-35-67-36)41-17-21-45(22-18-41)65(27-28-65)72-60(80)51-32-46(75)33-73(51)62(82)57(64(3,4)5)71-54(77)12-7-6-9-38-13-15-39(16-14-38)34-87-37(2)47(25-26-53(66)76)69-59(79)52-31-42-11-8-10-40-19-24-49(61(81)74(52)55(40)42)70-58(78)50-30-44-29-43(20-23-48(44)68-50)63(83)88(84,85)86/h8,10-11,13-18,20-23,29-30,35,37,46-47,49,51-52,57,68,75H,6-7,9,12,19,24-28,31-34H2,1-5H3,(H2,66,76)(H,69,79)(H,70,78)(H,71,77)(H,72,80)(H2,84,85,86)/t37-,46-,47+,49+,51?,52+,57-/m1/s1. The molecule has 0 bridgehead atoms. The first-order valence-corrected chi connectivity index (χ1v) is 32.6. The Hall–Kier alpha value is -7.92. The topological polar surface area (TPSA) is 333 Å². The number of carbonyl (C=O) groups excluding carboxylic acids is 8. The molecule has 4 aliphatic rings. The molecule has 1 saturated heterocycles. The summed E-state index contributed by atoms with van der Waals surface area (Å²) in [6.45, 7) is 9.48. The third-order valence-corrected chi connectivity index (χ3v) is 19.2. The minimum absolute atomic E-state index is 0.0218. The normalized spacial score (nSPS) is 19.6. The molecule has 89 heavy (non-hydrogen) atoms. The molecule has 1 aliphatic carbocycles. The summed E-state index contributed by atoms with van der Waals surface area (Å²) in [5, 5.41) is 23.2. The van der Waals surface area contributed by atoms with E-state index in [-0.39, 0.29) is 74.7 Å². The van der Waals surface area contributed by atoms with E-state index < -0.39 is 96.0 Å². The summed E-state index contributed by atoms with van der Waals surface area (Å²) < 4.78 is 17.9. The number of carbonyl (C=O) groups is 8. The highest BCUT2D eigenvalue weighted by molar-refractivity contribution is 7.70. The summed E-state index contributed by atoms with van der Waals surface area (Å²) in [6, 6.07) is 22.3. The van der Waals surface area contributed by atoms with Crippen molar-refractivity contribution in [3.63, 3.8) is 0 Å². The molecular weight excluding hydrogens is 1180 g/mol. The molecule has 6 aromatic rings. The molecule has 1 unspecified atom stereocenters. The van der Waals surface area contributed by atoms with E-state index in [0.717, 1.165) is 56.8 Å². The fourth-order valence-corrected chi connectivity index (χ4v) is 13.6. The van der Waals surface area contributed by atoms with E-state index in [1.54, 1.807) is 18.3 Å². The van der Waals surface area contributed by atoms with Crippen LogP contribution in [0.3, 0.4) is 0 Å². The highest BCUT2D eigenvalue weighted by Gasteiger charge is 2.51. The Morgan fingerprint density at radius 1 is 0.899 bits per heavy atom. The number of benzene rings is 4. The predicted octanol–water partition coefficient (Wildman–Crippen LogP) is 6.29. The highest BCUT2D eigenvalue weighted by atomic mass is 32.1. The van der Waals surface area contributed by atoms with Crippen molar-refractivity contribution in [3.05, 3.63) is 141 Å². The summed E-state index contributed by atoms with van der Waals surface area (Å²) in [6.07, 6.45) is 3.06. The van der Waals surface area contributed by atoms with Crippen LogP contribution < -0.4 is 31.9 Å². The maximum atomic E-state index is 14.6. The zero-order valence-electron chi connectivity index (χ0n) is 50.4. The number of aromatic amines is 1. The molecule has 10 rings (SSSR count). The van der Waals surface area contributed by atoms with Gasteiger partial charge >= 0.3 is 7.60 Å². The predicted molar refractivity (Wildman–Crippen MR) is 333 cm³/mol. The van der Waals surface area contributed by atoms with Gasteiger partial charge in [-0.05, 0) is 128 Å². The van der Waals surface area contributed by atoms with Gasteiger partial charge in [0.05, 0.1) is 52.2 Å². The van der Waals surface area contributed by atoms with Crippen LogP contribution in [-0.2, 0) is 69.5 Å². The third-order valence-electron chi connectivity index (χ3n) is 17.5. The average molecular weight is 1250 g/mol. The summed E-state index contributed by atoms with van der Waals surface area (Å²) in [5.41, 5.74) is 12.1. The second-order valence-corrected chi connectivity index (χ2v) is 27.4. The number of amides is 7. The van der Waals surface area contributed by atoms with Crippen LogP contribution in [0.15, 0.2) is 96.5 Å². The van der Waals surface area contributed by atoms with Gasteiger partial charge in [-0.25, -0.2) is 4.98 Å². The molecule has 0 spiro atoms. The van der Waals surface area contributed by atoms with Gasteiger partial charge in [0.25, 0.3) is 11.4 Å². The zero-order chi connectivity index (χ0) is 63.7. The van der Waals surface area contributed by atoms with Crippen LogP contribution in [0.4, 0.5) is 5.69 Å². The minimum Gasteiger partial charge on any atom is -0.391 e. The van der Waals surface area contributed by atoms with Crippen molar-refractivity contribution < 1.29 is 62.6 Å². The number of nitrogens with two attached hydrogens (primary N) is 1. The van der Waals surface area contributed by atoms with Crippen molar-refractivity contribution in [1.29, 1.82) is 0 Å². The lowest BCUT2D eigenvalue weighted by atomic mass is 9.85. The number of aromatic nitrogens is 2. The first-order chi connectivity index (χ1) is 42.3. The second-order valence-electron chi connectivity index (χ2n) is 25.1. The zero-order valence-corrected chi connectivity index (χ0v) is 52.1. The van der Waals surface area contributed by atoms with Gasteiger partial charge in [-0.1, -0.05) is 87.5 Å². The number of β-amino-alcohol motifs (C(OH)–C–C–N with tert-alkyl or cyclic N) is 1. The number of nitrogens with one attached hydrogen (secondary N) is 5. The minimum atomic E-state index is -5.06. The van der Waals surface area contributed by atoms with Gasteiger partial charge in [0.15, 0.2) is 0 Å². The van der Waals surface area contributed by atoms with Crippen LogP contribution in [-0.4, -0.2) is 126 Å². The van der Waals surface area contributed by atoms with E-state index in [4.69, 9.17) is 10.5 Å². The summed E-state index contributed by atoms with van der Waals surface area (Å²) in [4.78, 5) is 139. The monoisotopic (exact) mass is 1250 g/mol. The van der Waals surface area contributed by atoms with E-state index >= 15 is 0 Å². The van der Waals surface area contributed by atoms with Gasteiger partial charge in [0.1, 0.15) is 29.9 Å². The maximum absolute atomic E-state index is 14.6. The first kappa shape index (κ1) is 64.1. The number of para-hydroxylation sites is 1. The lowest BCUT2D eigenvalue weighted by molar-refractivity contribution is -0.144. The quantitative estimate of drug-likeness (QED) is 0.0238. The molecule has 7 atom stereocenters. The number of hydrogen-bond donors (Lipinski definition) is 9. The lowest BCUT2D eigenvalue weighted by Crippen LogP contribution is -2.58. The number of ether oxygens (including phenoxy) is 1. The van der Waals surface area contributed by atoms with E-state index in [1.807, 2.05) is 99.9 Å². The van der Waals surface area contributed by atoms with E-state index in [9.17, 15) is 57.8 Å². The van der Waals surface area contributed by atoms with Crippen molar-refractivity contribution >= 4 is 82.4 Å². The van der Waals surface area contributed by atoms with E-state index in [2.05, 4.69) is 31.2 Å². The molecule has 24 heteroatoms. The molecule has 470 valence electrons. The highest BCUT2D eigenvalue weighted by Crippen LogP contribution is 2.47. The van der Waals surface area contributed by atoms with Crippen LogP contribution >= 0.6 is 18.9 Å². The Kier molecular flexibility index (Phi) is 18.9. The van der Waals surface area contributed by atoms with E-state index in [0.29, 0.717) is 42.3 Å². The Morgan fingerprint density at radius 3 is 2.29 bits per heavy atom. The Balaban J connectivity index is 0.701. The second kappa shape index (κ2) is 26.3. The summed E-state index contributed by atoms with van der Waals surface area (Å²) >= 11 is 1.57. The maximum Gasteiger partial charge on any atom is 0.396 e. The molecule has 4 aromatic carbocycles. The van der Waals surface area contributed by atoms with Gasteiger partial charge in [0.2, 0.25) is 35.4 Å². The number of unbranched alkanes of at least 4 members (excludes halogenated alkanes) is 1. The number of rotatable bonds is 24. The Labute approximate surface area is 519 Å². The molecule has 3 aliphatic heterocycles. The van der Waals surface area contributed by atoms with Crippen molar-refractivity contribution in [2.24, 2.45) is 11.1 Å². The van der Waals surface area contributed by atoms with Crippen molar-refractivity contribution in [1.82, 2.24) is 36.1 Å². The average Bonchev–Trinajstić information content (AvgIpc) is 1.76. The number of aliphatic hydroxyl groups excluding tert-OH is 1. The fraction of sp³-hybridized carbons (Fsp3) is 0.431. The molecule has 7 amide bonds. The number of H-pyrrole nitrogens is 1. The number of anilines is 1. The SMILES string of the molecule is Cc1ncsc1-c1ccc(C2(NC(=O)C3C[C@@H](O)CN3C(=O)[C@@H](NC(=O)CCCCc3ccc(CO[C@H](C)[C@H](CCC(N)=O)NC(=O)[C@@H]4Cc5cccc6c5N4C(=O)[C@@H](NC(=O)c4cc5cc(C(=O)P(=O)(O)O)ccc5[nH]4)CC6)cc3)C(C)(C)C)CC2)cc1. The van der Waals surface area contributed by atoms with Crippen LogP contribution in [0.2, 0.25) is 0 Å². The Morgan fingerprint density at radius 2 is 1.62 bits per heavy atom. The largest absolute Gasteiger partial charge is 0.396 e. The van der Waals surface area contributed by atoms with Crippen LogP contribution in [0, 0.1) is 12.3 Å². The molecular formula is C65H76N9O13PS. The molecule has 22 nitrogen and oxygen atoms in total. The number of nitrogens with zero attached hydrogens (tertiary/aromatic N) is 3.